The molecule has 2 heterocycles. The molecule has 0 aliphatic rings. The third-order valence-electron chi connectivity index (χ3n) is 4.29. The molecule has 0 saturated carbocycles. The van der Waals surface area contributed by atoms with Gasteiger partial charge in [0.1, 0.15) is 11.7 Å². The largest absolute Gasteiger partial charge is 0.298 e. The molecular formula is C21H15BrN4. The van der Waals surface area contributed by atoms with Crippen LogP contribution in [0.15, 0.2) is 66.9 Å². The van der Waals surface area contributed by atoms with Gasteiger partial charge in [-0.3, -0.25) is 4.57 Å². The third-order valence-corrected chi connectivity index (χ3v) is 4.94. The number of para-hydroxylation sites is 1. The highest BCUT2D eigenvalue weighted by Gasteiger charge is 2.13. The summed E-state index contributed by atoms with van der Waals surface area (Å²) in [5.74, 6) is 0.181. The van der Waals surface area contributed by atoms with Crippen LogP contribution >= 0.6 is 15.9 Å². The molecule has 0 aliphatic heterocycles. The predicted octanol–water partition coefficient (Wildman–Crippen LogP) is 4.78. The van der Waals surface area contributed by atoms with Crippen molar-refractivity contribution in [1.82, 2.24) is 14.5 Å². The van der Waals surface area contributed by atoms with Crippen molar-refractivity contribution in [1.29, 1.82) is 5.26 Å². The summed E-state index contributed by atoms with van der Waals surface area (Å²) in [5, 5.41) is 10.9. The van der Waals surface area contributed by atoms with Gasteiger partial charge in [0.2, 0.25) is 5.82 Å². The zero-order chi connectivity index (χ0) is 17.9. The number of nitrogens with zero attached hydrogens (tertiary/aromatic N) is 4. The molecule has 2 aromatic heterocycles. The number of hydrogen-bond donors (Lipinski definition) is 0. The van der Waals surface area contributed by atoms with Crippen LogP contribution in [0, 0.1) is 11.3 Å². The second kappa shape index (κ2) is 7.11. The minimum absolute atomic E-state index is 0.181. The summed E-state index contributed by atoms with van der Waals surface area (Å²) in [5.41, 5.74) is 5.37. The van der Waals surface area contributed by atoms with Gasteiger partial charge in [-0.25, -0.2) is 9.97 Å². The van der Waals surface area contributed by atoms with Crippen molar-refractivity contribution >= 4 is 27.0 Å². The van der Waals surface area contributed by atoms with Gasteiger partial charge in [-0.15, -0.1) is 0 Å². The molecule has 126 valence electrons. The van der Waals surface area contributed by atoms with Gasteiger partial charge in [-0.2, -0.15) is 5.26 Å². The van der Waals surface area contributed by atoms with Crippen molar-refractivity contribution in [3.05, 3.63) is 89.5 Å². The minimum Gasteiger partial charge on any atom is -0.298 e. The number of rotatable bonds is 4. The highest BCUT2D eigenvalue weighted by molar-refractivity contribution is 9.08. The molecule has 2 aromatic carbocycles. The molecule has 0 aliphatic carbocycles. The van der Waals surface area contributed by atoms with Crippen molar-refractivity contribution in [3.8, 4) is 11.8 Å². The van der Waals surface area contributed by atoms with E-state index in [-0.39, 0.29) is 5.82 Å². The second-order valence-corrected chi connectivity index (χ2v) is 6.58. The average molecular weight is 403 g/mol. The summed E-state index contributed by atoms with van der Waals surface area (Å²) in [6.45, 7) is 0. The van der Waals surface area contributed by atoms with E-state index in [1.807, 2.05) is 36.4 Å². The number of aromatic nitrogens is 3. The first-order valence-corrected chi connectivity index (χ1v) is 9.37. The molecule has 0 radical (unpaired) electrons. The molecule has 26 heavy (non-hydrogen) atoms. The molecule has 0 bridgehead atoms. The zero-order valence-corrected chi connectivity index (χ0v) is 15.5. The van der Waals surface area contributed by atoms with E-state index in [2.05, 4.69) is 60.8 Å². The Morgan fingerprint density at radius 2 is 1.73 bits per heavy atom. The summed E-state index contributed by atoms with van der Waals surface area (Å²) in [6, 6.07) is 22.8. The molecule has 0 amide bonds. The van der Waals surface area contributed by atoms with Gasteiger partial charge in [0.15, 0.2) is 0 Å². The smallest absolute Gasteiger partial charge is 0.234 e. The SMILES string of the molecule is N#Cc1ncc2cc(Cc3ccc(CBr)cc3)n(-c3ccccc3)c2n1. The van der Waals surface area contributed by atoms with Crippen molar-refractivity contribution in [2.75, 3.05) is 0 Å². The molecule has 0 spiro atoms. The molecular weight excluding hydrogens is 388 g/mol. The molecule has 4 rings (SSSR count). The summed E-state index contributed by atoms with van der Waals surface area (Å²) < 4.78 is 2.11. The van der Waals surface area contributed by atoms with Gasteiger partial charge in [-0.1, -0.05) is 58.4 Å². The van der Waals surface area contributed by atoms with Crippen LogP contribution in [-0.2, 0) is 11.8 Å². The van der Waals surface area contributed by atoms with Gasteiger partial charge in [0, 0.05) is 34.7 Å². The van der Waals surface area contributed by atoms with Crippen LogP contribution in [0.2, 0.25) is 0 Å². The Balaban J connectivity index is 1.86. The number of hydrogen-bond acceptors (Lipinski definition) is 3. The quantitative estimate of drug-likeness (QED) is 0.461. The van der Waals surface area contributed by atoms with Crippen LogP contribution in [0.5, 0.6) is 0 Å². The molecule has 0 fully saturated rings. The van der Waals surface area contributed by atoms with Crippen LogP contribution in [0.4, 0.5) is 0 Å². The van der Waals surface area contributed by atoms with E-state index in [1.165, 1.54) is 11.1 Å². The monoisotopic (exact) mass is 402 g/mol. The Labute approximate surface area is 159 Å². The van der Waals surface area contributed by atoms with Gasteiger partial charge < -0.3 is 0 Å². The first-order chi connectivity index (χ1) is 12.8. The number of benzene rings is 2. The Kier molecular flexibility index (Phi) is 4.51. The number of halogens is 1. The average Bonchev–Trinajstić information content (AvgIpc) is 3.06. The molecule has 0 N–H and O–H groups in total. The molecule has 5 heteroatoms. The number of fused-ring (bicyclic) bond motifs is 1. The van der Waals surface area contributed by atoms with Gasteiger partial charge in [0.25, 0.3) is 0 Å². The summed E-state index contributed by atoms with van der Waals surface area (Å²) in [6.07, 6.45) is 2.49. The minimum atomic E-state index is 0.181. The summed E-state index contributed by atoms with van der Waals surface area (Å²) in [7, 11) is 0. The van der Waals surface area contributed by atoms with Crippen LogP contribution in [0.1, 0.15) is 22.6 Å². The fourth-order valence-corrected chi connectivity index (χ4v) is 3.42. The second-order valence-electron chi connectivity index (χ2n) is 6.02. The zero-order valence-electron chi connectivity index (χ0n) is 13.9. The number of nitriles is 1. The lowest BCUT2D eigenvalue weighted by Gasteiger charge is -2.11. The van der Waals surface area contributed by atoms with Crippen LogP contribution in [-0.4, -0.2) is 14.5 Å². The maximum atomic E-state index is 9.16. The first kappa shape index (κ1) is 16.5. The van der Waals surface area contributed by atoms with Gasteiger partial charge in [-0.05, 0) is 29.3 Å². The maximum Gasteiger partial charge on any atom is 0.234 e. The lowest BCUT2D eigenvalue weighted by Crippen LogP contribution is -2.03. The van der Waals surface area contributed by atoms with E-state index < -0.39 is 0 Å². The highest BCUT2D eigenvalue weighted by Crippen LogP contribution is 2.25. The maximum absolute atomic E-state index is 9.16. The summed E-state index contributed by atoms with van der Waals surface area (Å²) >= 11 is 3.48. The van der Waals surface area contributed by atoms with Crippen molar-refractivity contribution in [2.45, 2.75) is 11.8 Å². The van der Waals surface area contributed by atoms with Crippen molar-refractivity contribution in [2.24, 2.45) is 0 Å². The van der Waals surface area contributed by atoms with Gasteiger partial charge in [0.05, 0.1) is 0 Å². The van der Waals surface area contributed by atoms with E-state index in [0.717, 1.165) is 34.2 Å². The van der Waals surface area contributed by atoms with E-state index >= 15 is 0 Å². The highest BCUT2D eigenvalue weighted by atomic mass is 79.9. The third kappa shape index (κ3) is 3.12. The Bertz CT molecular complexity index is 1090. The topological polar surface area (TPSA) is 54.5 Å². The van der Waals surface area contributed by atoms with Crippen LogP contribution < -0.4 is 0 Å². The normalized spacial score (nSPS) is 10.8. The van der Waals surface area contributed by atoms with E-state index in [0.29, 0.717) is 0 Å². The van der Waals surface area contributed by atoms with Crippen molar-refractivity contribution < 1.29 is 0 Å². The first-order valence-electron chi connectivity index (χ1n) is 8.25. The molecule has 4 aromatic rings. The fraction of sp³-hybridized carbons (Fsp3) is 0.0952. The summed E-state index contributed by atoms with van der Waals surface area (Å²) in [4.78, 5) is 8.56. The van der Waals surface area contributed by atoms with Gasteiger partial charge >= 0.3 is 0 Å². The number of alkyl halides is 1. The molecule has 4 nitrogen and oxygen atoms in total. The standard InChI is InChI=1S/C21H15BrN4/c22-12-16-8-6-15(7-9-16)10-19-11-17-14-24-20(13-23)25-21(17)26(19)18-4-2-1-3-5-18/h1-9,11,14H,10,12H2. The lowest BCUT2D eigenvalue weighted by molar-refractivity contribution is 0.964. The Morgan fingerprint density at radius 1 is 1.00 bits per heavy atom. The Morgan fingerprint density at radius 3 is 2.42 bits per heavy atom. The molecule has 0 atom stereocenters. The van der Waals surface area contributed by atoms with E-state index in [1.54, 1.807) is 6.20 Å². The fourth-order valence-electron chi connectivity index (χ4n) is 3.05. The van der Waals surface area contributed by atoms with Crippen LogP contribution in [0.3, 0.4) is 0 Å². The molecule has 0 unspecified atom stereocenters. The Hall–Kier alpha value is -2.97. The lowest BCUT2D eigenvalue weighted by atomic mass is 10.1. The van der Waals surface area contributed by atoms with E-state index in [4.69, 9.17) is 5.26 Å². The van der Waals surface area contributed by atoms with Crippen LogP contribution in [0.25, 0.3) is 16.7 Å². The van der Waals surface area contributed by atoms with Crippen molar-refractivity contribution in [3.63, 3.8) is 0 Å². The predicted molar refractivity (Wildman–Crippen MR) is 105 cm³/mol. The molecule has 0 saturated heterocycles. The van der Waals surface area contributed by atoms with E-state index in [9.17, 15) is 0 Å².